The standard InChI is InChI=1S/C22H29F2N3O4S/c1-22(2,3)14-26(21(28)29)12-15-13-27(32(30,31)16-8-5-4-6-9-16)19(18(15)23)17-10-7-11-25-20(17)24/h7,10-11,13,16H,4-6,8-9,12,14H2,1-3H3,(H,28,29). The summed E-state index contributed by atoms with van der Waals surface area (Å²) in [7, 11) is -4.03. The van der Waals surface area contributed by atoms with Crippen LogP contribution in [0.25, 0.3) is 11.3 Å². The van der Waals surface area contributed by atoms with Crippen molar-refractivity contribution in [3.05, 3.63) is 41.9 Å². The summed E-state index contributed by atoms with van der Waals surface area (Å²) in [6, 6.07) is 2.66. The molecule has 2 aromatic heterocycles. The summed E-state index contributed by atoms with van der Waals surface area (Å²) in [6.07, 6.45) is 4.34. The zero-order chi connectivity index (χ0) is 23.7. The van der Waals surface area contributed by atoms with Gasteiger partial charge in [-0.3, -0.25) is 0 Å². The van der Waals surface area contributed by atoms with Crippen LogP contribution in [0.5, 0.6) is 0 Å². The first-order chi connectivity index (χ1) is 14.9. The van der Waals surface area contributed by atoms with Crippen molar-refractivity contribution < 1.29 is 27.1 Å². The van der Waals surface area contributed by atoms with Crippen molar-refractivity contribution in [2.24, 2.45) is 5.41 Å². The molecule has 0 bridgehead atoms. The molecular formula is C22H29F2N3O4S. The Morgan fingerprint density at radius 1 is 1.25 bits per heavy atom. The largest absolute Gasteiger partial charge is 0.465 e. The molecule has 2 aromatic rings. The van der Waals surface area contributed by atoms with Gasteiger partial charge in [0.25, 0.3) is 0 Å². The van der Waals surface area contributed by atoms with Gasteiger partial charge in [-0.2, -0.15) is 4.39 Å². The monoisotopic (exact) mass is 469 g/mol. The number of amides is 1. The molecule has 2 heterocycles. The van der Waals surface area contributed by atoms with Gasteiger partial charge < -0.3 is 10.0 Å². The van der Waals surface area contributed by atoms with Crippen LogP contribution in [0.15, 0.2) is 24.5 Å². The lowest BCUT2D eigenvalue weighted by Gasteiger charge is -2.27. The number of carboxylic acid groups (broad SMARTS) is 1. The summed E-state index contributed by atoms with van der Waals surface area (Å²) >= 11 is 0. The van der Waals surface area contributed by atoms with Gasteiger partial charge in [0.05, 0.1) is 17.4 Å². The maximum Gasteiger partial charge on any atom is 0.407 e. The van der Waals surface area contributed by atoms with Crippen molar-refractivity contribution in [3.8, 4) is 11.3 Å². The minimum atomic E-state index is -4.03. The third-order valence-corrected chi connectivity index (χ3v) is 7.69. The van der Waals surface area contributed by atoms with E-state index in [0.29, 0.717) is 12.8 Å². The normalized spacial score (nSPS) is 15.7. The van der Waals surface area contributed by atoms with Crippen LogP contribution in [0.2, 0.25) is 0 Å². The summed E-state index contributed by atoms with van der Waals surface area (Å²) in [4.78, 5) is 16.3. The van der Waals surface area contributed by atoms with Gasteiger partial charge in [-0.1, -0.05) is 40.0 Å². The van der Waals surface area contributed by atoms with E-state index in [1.165, 1.54) is 18.3 Å². The van der Waals surface area contributed by atoms with Gasteiger partial charge in [-0.15, -0.1) is 0 Å². The summed E-state index contributed by atoms with van der Waals surface area (Å²) in [5, 5.41) is 8.89. The Kier molecular flexibility index (Phi) is 6.92. The van der Waals surface area contributed by atoms with Crippen molar-refractivity contribution in [3.63, 3.8) is 0 Å². The molecule has 32 heavy (non-hydrogen) atoms. The zero-order valence-electron chi connectivity index (χ0n) is 18.5. The van der Waals surface area contributed by atoms with Crippen LogP contribution in [0, 0.1) is 17.2 Å². The molecule has 0 radical (unpaired) electrons. The average molecular weight is 470 g/mol. The van der Waals surface area contributed by atoms with Crippen LogP contribution < -0.4 is 0 Å². The Balaban J connectivity index is 2.14. The number of nitrogens with zero attached hydrogens (tertiary/aromatic N) is 3. The predicted molar refractivity (Wildman–Crippen MR) is 117 cm³/mol. The number of hydrogen-bond donors (Lipinski definition) is 1. The Bertz CT molecular complexity index is 1090. The van der Waals surface area contributed by atoms with E-state index in [-0.39, 0.29) is 24.2 Å². The first-order valence-electron chi connectivity index (χ1n) is 10.6. The molecule has 1 amide bonds. The minimum Gasteiger partial charge on any atom is -0.465 e. The molecule has 7 nitrogen and oxygen atoms in total. The zero-order valence-corrected chi connectivity index (χ0v) is 19.3. The molecule has 0 saturated heterocycles. The van der Waals surface area contributed by atoms with Crippen molar-refractivity contribution in [2.75, 3.05) is 6.54 Å². The summed E-state index contributed by atoms with van der Waals surface area (Å²) in [5.41, 5.74) is -1.26. The Morgan fingerprint density at radius 3 is 2.47 bits per heavy atom. The van der Waals surface area contributed by atoms with Gasteiger partial charge in [-0.05, 0) is 30.4 Å². The van der Waals surface area contributed by atoms with Crippen LogP contribution in [0.3, 0.4) is 0 Å². The second kappa shape index (κ2) is 9.17. The van der Waals surface area contributed by atoms with Gasteiger partial charge in [0.2, 0.25) is 16.0 Å². The lowest BCUT2D eigenvalue weighted by molar-refractivity contribution is 0.122. The van der Waals surface area contributed by atoms with E-state index < -0.39 is 44.2 Å². The number of halogens is 2. The number of pyridine rings is 1. The van der Waals surface area contributed by atoms with Gasteiger partial charge in [0.15, 0.2) is 5.82 Å². The lowest BCUT2D eigenvalue weighted by atomic mass is 9.96. The van der Waals surface area contributed by atoms with Crippen molar-refractivity contribution in [1.82, 2.24) is 13.9 Å². The topological polar surface area (TPSA) is 92.5 Å². The van der Waals surface area contributed by atoms with E-state index in [9.17, 15) is 22.7 Å². The quantitative estimate of drug-likeness (QED) is 0.610. The fraction of sp³-hybridized carbons (Fsp3) is 0.545. The van der Waals surface area contributed by atoms with Crippen LogP contribution in [0.1, 0.15) is 58.4 Å². The first-order valence-corrected chi connectivity index (χ1v) is 12.1. The number of hydrogen-bond acceptors (Lipinski definition) is 4. The highest BCUT2D eigenvalue weighted by Gasteiger charge is 2.34. The minimum absolute atomic E-state index is 0.110. The third kappa shape index (κ3) is 5.11. The molecule has 0 aliphatic heterocycles. The lowest BCUT2D eigenvalue weighted by Crippen LogP contribution is -2.36. The van der Waals surface area contributed by atoms with E-state index in [2.05, 4.69) is 4.98 Å². The van der Waals surface area contributed by atoms with Crippen molar-refractivity contribution in [2.45, 2.75) is 64.7 Å². The number of rotatable bonds is 6. The highest BCUT2D eigenvalue weighted by Crippen LogP contribution is 2.34. The van der Waals surface area contributed by atoms with Crippen molar-refractivity contribution in [1.29, 1.82) is 0 Å². The SMILES string of the molecule is CC(C)(C)CN(Cc1cn(S(=O)(=O)C2CCCCC2)c(-c2cccnc2F)c1F)C(=O)O. The second-order valence-electron chi connectivity index (χ2n) is 9.46. The van der Waals surface area contributed by atoms with E-state index in [1.807, 2.05) is 20.8 Å². The van der Waals surface area contributed by atoms with Crippen LogP contribution >= 0.6 is 0 Å². The molecule has 176 valence electrons. The Morgan fingerprint density at radius 2 is 1.91 bits per heavy atom. The van der Waals surface area contributed by atoms with Crippen LogP contribution in [-0.2, 0) is 16.6 Å². The van der Waals surface area contributed by atoms with Gasteiger partial charge in [0.1, 0.15) is 5.69 Å². The molecule has 1 saturated carbocycles. The molecule has 10 heteroatoms. The van der Waals surface area contributed by atoms with Crippen LogP contribution in [0.4, 0.5) is 13.6 Å². The molecule has 1 aliphatic rings. The molecule has 0 aromatic carbocycles. The van der Waals surface area contributed by atoms with Gasteiger partial charge >= 0.3 is 6.09 Å². The molecule has 0 spiro atoms. The maximum absolute atomic E-state index is 15.6. The Hall–Kier alpha value is -2.49. The third-order valence-electron chi connectivity index (χ3n) is 5.54. The summed E-state index contributed by atoms with van der Waals surface area (Å²) in [5.74, 6) is -1.96. The second-order valence-corrected chi connectivity index (χ2v) is 11.5. The smallest absolute Gasteiger partial charge is 0.407 e. The predicted octanol–water partition coefficient (Wildman–Crippen LogP) is 4.87. The van der Waals surface area contributed by atoms with E-state index >= 15 is 4.39 Å². The highest BCUT2D eigenvalue weighted by molar-refractivity contribution is 7.90. The van der Waals surface area contributed by atoms with E-state index in [4.69, 9.17) is 0 Å². The number of aromatic nitrogens is 2. The molecule has 1 fully saturated rings. The maximum atomic E-state index is 15.6. The number of carbonyl (C=O) groups is 1. The average Bonchev–Trinajstić information content (AvgIpc) is 3.04. The fourth-order valence-corrected chi connectivity index (χ4v) is 6.07. The molecule has 0 unspecified atom stereocenters. The summed E-state index contributed by atoms with van der Waals surface area (Å²) in [6.45, 7) is 5.27. The van der Waals surface area contributed by atoms with Gasteiger partial charge in [0, 0.05) is 24.5 Å². The van der Waals surface area contributed by atoms with Crippen LogP contribution in [-0.4, -0.2) is 45.3 Å². The molecule has 0 atom stereocenters. The highest BCUT2D eigenvalue weighted by atomic mass is 32.2. The molecule has 1 aliphatic carbocycles. The molecule has 1 N–H and O–H groups in total. The summed E-state index contributed by atoms with van der Waals surface area (Å²) < 4.78 is 57.8. The molecular weight excluding hydrogens is 440 g/mol. The Labute approximate surface area is 187 Å². The van der Waals surface area contributed by atoms with E-state index in [1.54, 1.807) is 0 Å². The fourth-order valence-electron chi connectivity index (χ4n) is 4.12. The van der Waals surface area contributed by atoms with Gasteiger partial charge in [-0.25, -0.2) is 26.6 Å². The molecule has 3 rings (SSSR count). The van der Waals surface area contributed by atoms with E-state index in [0.717, 1.165) is 34.3 Å². The van der Waals surface area contributed by atoms with Crippen molar-refractivity contribution >= 4 is 16.1 Å². The first kappa shape index (κ1) is 24.2.